The number of halogens is 2. The van der Waals surface area contributed by atoms with E-state index in [1.165, 1.54) is 12.3 Å². The molecule has 1 saturated heterocycles. The predicted octanol–water partition coefficient (Wildman–Crippen LogP) is 2.72. The maximum atomic E-state index is 11.6. The third-order valence-electron chi connectivity index (χ3n) is 2.46. The Balaban J connectivity index is 1.92. The van der Waals surface area contributed by atoms with Crippen molar-refractivity contribution in [1.29, 1.82) is 0 Å². The van der Waals surface area contributed by atoms with Crippen LogP contribution in [-0.4, -0.2) is 30.3 Å². The van der Waals surface area contributed by atoms with E-state index in [-0.39, 0.29) is 28.5 Å². The summed E-state index contributed by atoms with van der Waals surface area (Å²) in [6.45, 7) is 0.996. The molecule has 6 heteroatoms. The first-order valence-corrected chi connectivity index (χ1v) is 6.02. The van der Waals surface area contributed by atoms with Gasteiger partial charge in [-0.3, -0.25) is 0 Å². The van der Waals surface area contributed by atoms with Gasteiger partial charge in [-0.2, -0.15) is 0 Å². The number of aromatic nitrogens is 1. The van der Waals surface area contributed by atoms with Gasteiger partial charge >= 0.3 is 5.97 Å². The van der Waals surface area contributed by atoms with Crippen molar-refractivity contribution in [3.8, 4) is 0 Å². The Labute approximate surface area is 109 Å². The van der Waals surface area contributed by atoms with Crippen LogP contribution in [0.5, 0.6) is 0 Å². The average Bonchev–Trinajstić information content (AvgIpc) is 2.82. The van der Waals surface area contributed by atoms with Gasteiger partial charge in [0.05, 0.1) is 16.7 Å². The van der Waals surface area contributed by atoms with Crippen molar-refractivity contribution in [2.24, 2.45) is 0 Å². The molecule has 17 heavy (non-hydrogen) atoms. The van der Waals surface area contributed by atoms with Crippen molar-refractivity contribution in [2.45, 2.75) is 18.9 Å². The zero-order valence-corrected chi connectivity index (χ0v) is 10.5. The van der Waals surface area contributed by atoms with Gasteiger partial charge in [0.15, 0.2) is 0 Å². The van der Waals surface area contributed by atoms with Crippen LogP contribution in [0.25, 0.3) is 0 Å². The van der Waals surface area contributed by atoms with Gasteiger partial charge in [0.1, 0.15) is 11.8 Å². The number of rotatable bonds is 3. The number of nitrogens with zero attached hydrogens (tertiary/aromatic N) is 1. The number of hydrogen-bond donors (Lipinski definition) is 0. The lowest BCUT2D eigenvalue weighted by atomic mass is 10.2. The molecule has 0 aliphatic carbocycles. The number of carbonyl (C=O) groups is 1. The minimum Gasteiger partial charge on any atom is -0.459 e. The van der Waals surface area contributed by atoms with Gasteiger partial charge < -0.3 is 9.47 Å². The molecule has 1 atom stereocenters. The Morgan fingerprint density at radius 2 is 2.41 bits per heavy atom. The maximum Gasteiger partial charge on any atom is 0.339 e. The number of ether oxygens (including phenoxy) is 2. The molecule has 1 aromatic heterocycles. The third kappa shape index (κ3) is 3.31. The zero-order valence-electron chi connectivity index (χ0n) is 8.99. The Kier molecular flexibility index (Phi) is 4.20. The molecule has 2 rings (SSSR count). The second-order valence-corrected chi connectivity index (χ2v) is 4.50. The van der Waals surface area contributed by atoms with E-state index in [2.05, 4.69) is 4.98 Å². The summed E-state index contributed by atoms with van der Waals surface area (Å²) in [5.41, 5.74) is 0.289. The Morgan fingerprint density at radius 1 is 1.59 bits per heavy atom. The molecule has 4 nitrogen and oxygen atoms in total. The fourth-order valence-corrected chi connectivity index (χ4v) is 1.83. The summed E-state index contributed by atoms with van der Waals surface area (Å²) in [6.07, 6.45) is 3.28. The summed E-state index contributed by atoms with van der Waals surface area (Å²) >= 11 is 11.4. The first-order valence-electron chi connectivity index (χ1n) is 5.26. The van der Waals surface area contributed by atoms with Crippen LogP contribution >= 0.6 is 23.2 Å². The van der Waals surface area contributed by atoms with Gasteiger partial charge in [-0.25, -0.2) is 9.78 Å². The van der Waals surface area contributed by atoms with Crippen molar-refractivity contribution in [2.75, 3.05) is 13.2 Å². The van der Waals surface area contributed by atoms with E-state index in [1.807, 2.05) is 0 Å². The van der Waals surface area contributed by atoms with E-state index in [9.17, 15) is 4.79 Å². The largest absolute Gasteiger partial charge is 0.459 e. The normalized spacial score (nSPS) is 19.3. The van der Waals surface area contributed by atoms with Crippen LogP contribution in [0.4, 0.5) is 0 Å². The number of carbonyl (C=O) groups excluding carboxylic acids is 1. The first kappa shape index (κ1) is 12.6. The van der Waals surface area contributed by atoms with Crippen LogP contribution < -0.4 is 0 Å². The van der Waals surface area contributed by atoms with Gasteiger partial charge in [-0.05, 0) is 18.9 Å². The lowest BCUT2D eigenvalue weighted by Crippen LogP contribution is -2.18. The highest BCUT2D eigenvalue weighted by Gasteiger charge is 2.18. The van der Waals surface area contributed by atoms with E-state index in [4.69, 9.17) is 32.7 Å². The van der Waals surface area contributed by atoms with Crippen LogP contribution in [0.15, 0.2) is 12.3 Å². The molecule has 1 aliphatic heterocycles. The lowest BCUT2D eigenvalue weighted by Gasteiger charge is -2.10. The van der Waals surface area contributed by atoms with Gasteiger partial charge in [0.2, 0.25) is 0 Å². The minimum absolute atomic E-state index is 0.00896. The minimum atomic E-state index is -0.466. The summed E-state index contributed by atoms with van der Waals surface area (Å²) in [4.78, 5) is 15.4. The molecular formula is C11H11Cl2NO3. The number of pyridine rings is 1. The molecule has 0 N–H and O–H groups in total. The van der Waals surface area contributed by atoms with Crippen LogP contribution in [0.3, 0.4) is 0 Å². The molecule has 0 spiro atoms. The second kappa shape index (κ2) is 5.67. The summed E-state index contributed by atoms with van der Waals surface area (Å²) in [5.74, 6) is -0.466. The van der Waals surface area contributed by atoms with Crippen LogP contribution in [0.2, 0.25) is 10.2 Å². The van der Waals surface area contributed by atoms with Crippen LogP contribution in [0.1, 0.15) is 23.2 Å². The summed E-state index contributed by atoms with van der Waals surface area (Å²) in [6, 6.07) is 1.44. The summed E-state index contributed by atoms with van der Waals surface area (Å²) in [7, 11) is 0. The maximum absolute atomic E-state index is 11.6. The molecule has 0 bridgehead atoms. The molecule has 1 fully saturated rings. The molecule has 0 aromatic carbocycles. The predicted molar refractivity (Wildman–Crippen MR) is 63.5 cm³/mol. The lowest BCUT2D eigenvalue weighted by molar-refractivity contribution is 0.0161. The Bertz CT molecular complexity index is 419. The van der Waals surface area contributed by atoms with Crippen molar-refractivity contribution < 1.29 is 14.3 Å². The molecule has 0 saturated carbocycles. The molecule has 0 amide bonds. The highest BCUT2D eigenvalue weighted by atomic mass is 35.5. The van der Waals surface area contributed by atoms with Crippen LogP contribution in [0, 0.1) is 0 Å². The summed E-state index contributed by atoms with van der Waals surface area (Å²) < 4.78 is 10.4. The topological polar surface area (TPSA) is 48.4 Å². The fourth-order valence-electron chi connectivity index (χ4n) is 1.56. The molecule has 0 radical (unpaired) electrons. The number of hydrogen-bond acceptors (Lipinski definition) is 4. The third-order valence-corrected chi connectivity index (χ3v) is 3.14. The smallest absolute Gasteiger partial charge is 0.339 e. The standard InChI is InChI=1S/C11H11Cl2NO3/c12-9-4-7(5-14-10(9)13)11(15)17-6-8-2-1-3-16-8/h4-5,8H,1-3,6H2. The van der Waals surface area contributed by atoms with Crippen molar-refractivity contribution in [1.82, 2.24) is 4.98 Å². The van der Waals surface area contributed by atoms with Gasteiger partial charge in [-0.15, -0.1) is 0 Å². The highest BCUT2D eigenvalue weighted by molar-refractivity contribution is 6.41. The van der Waals surface area contributed by atoms with Crippen molar-refractivity contribution in [3.05, 3.63) is 28.0 Å². The molecule has 1 aliphatic rings. The average molecular weight is 276 g/mol. The zero-order chi connectivity index (χ0) is 12.3. The Morgan fingerprint density at radius 3 is 3.06 bits per heavy atom. The van der Waals surface area contributed by atoms with Crippen molar-refractivity contribution >= 4 is 29.2 Å². The van der Waals surface area contributed by atoms with E-state index < -0.39 is 5.97 Å². The van der Waals surface area contributed by atoms with E-state index in [0.29, 0.717) is 0 Å². The van der Waals surface area contributed by atoms with E-state index >= 15 is 0 Å². The quantitative estimate of drug-likeness (QED) is 0.629. The molecule has 2 heterocycles. The second-order valence-electron chi connectivity index (χ2n) is 3.73. The van der Waals surface area contributed by atoms with Gasteiger partial charge in [0, 0.05) is 12.8 Å². The first-order chi connectivity index (χ1) is 8.16. The van der Waals surface area contributed by atoms with Crippen molar-refractivity contribution in [3.63, 3.8) is 0 Å². The monoisotopic (exact) mass is 275 g/mol. The highest BCUT2D eigenvalue weighted by Crippen LogP contribution is 2.20. The summed E-state index contributed by atoms with van der Waals surface area (Å²) in [5, 5.41) is 0.403. The fraction of sp³-hybridized carbons (Fsp3) is 0.455. The SMILES string of the molecule is O=C(OCC1CCCO1)c1cnc(Cl)c(Cl)c1. The van der Waals surface area contributed by atoms with E-state index in [0.717, 1.165) is 19.4 Å². The molecule has 92 valence electrons. The van der Waals surface area contributed by atoms with Gasteiger partial charge in [-0.1, -0.05) is 23.2 Å². The van der Waals surface area contributed by atoms with Gasteiger partial charge in [0.25, 0.3) is 0 Å². The molecular weight excluding hydrogens is 265 g/mol. The van der Waals surface area contributed by atoms with E-state index in [1.54, 1.807) is 0 Å². The number of esters is 1. The van der Waals surface area contributed by atoms with Crippen LogP contribution in [-0.2, 0) is 9.47 Å². The molecule has 1 aromatic rings. The Hall–Kier alpha value is -0.840. The molecule has 1 unspecified atom stereocenters.